The molecule has 0 saturated heterocycles. The van der Waals surface area contributed by atoms with Crippen molar-refractivity contribution >= 4 is 50.5 Å². The number of thioether (sulfide) groups is 1. The molecule has 0 bridgehead atoms. The number of thiophene rings is 1. The van der Waals surface area contributed by atoms with Gasteiger partial charge in [0.25, 0.3) is 0 Å². The van der Waals surface area contributed by atoms with Crippen LogP contribution in [0.3, 0.4) is 0 Å². The fourth-order valence-corrected chi connectivity index (χ4v) is 3.94. The van der Waals surface area contributed by atoms with Crippen LogP contribution in [0.5, 0.6) is 0 Å². The smallest absolute Gasteiger partial charge is 0.205 e. The SMILES string of the molecule is CNc1c(C(=O)c2ccc(Br)cc2)sc(SC)c1C#N. The molecule has 1 N–H and O–H groups in total. The zero-order valence-corrected chi connectivity index (χ0v) is 14.1. The highest BCUT2D eigenvalue weighted by molar-refractivity contribution is 9.10. The van der Waals surface area contributed by atoms with E-state index in [1.807, 2.05) is 18.4 Å². The topological polar surface area (TPSA) is 52.9 Å². The Bertz CT molecular complexity index is 686. The molecule has 1 heterocycles. The summed E-state index contributed by atoms with van der Waals surface area (Å²) in [6.45, 7) is 0. The summed E-state index contributed by atoms with van der Waals surface area (Å²) in [7, 11) is 1.73. The number of hydrogen-bond acceptors (Lipinski definition) is 5. The van der Waals surface area contributed by atoms with Crippen molar-refractivity contribution < 1.29 is 4.79 Å². The number of nitriles is 1. The van der Waals surface area contributed by atoms with Crippen LogP contribution in [0.2, 0.25) is 0 Å². The first-order valence-corrected chi connectivity index (χ1v) is 8.54. The van der Waals surface area contributed by atoms with Crippen LogP contribution in [0.25, 0.3) is 0 Å². The average Bonchev–Trinajstić information content (AvgIpc) is 2.84. The lowest BCUT2D eigenvalue weighted by Crippen LogP contribution is -2.02. The van der Waals surface area contributed by atoms with Crippen molar-refractivity contribution in [2.24, 2.45) is 0 Å². The van der Waals surface area contributed by atoms with E-state index in [-0.39, 0.29) is 5.78 Å². The molecule has 0 aliphatic heterocycles. The van der Waals surface area contributed by atoms with Crippen LogP contribution in [0.4, 0.5) is 5.69 Å². The van der Waals surface area contributed by atoms with E-state index in [1.165, 1.54) is 23.1 Å². The van der Waals surface area contributed by atoms with E-state index >= 15 is 0 Å². The van der Waals surface area contributed by atoms with E-state index in [4.69, 9.17) is 0 Å². The highest BCUT2D eigenvalue weighted by Gasteiger charge is 2.22. The Hall–Kier alpha value is -1.29. The van der Waals surface area contributed by atoms with Crippen molar-refractivity contribution in [3.63, 3.8) is 0 Å². The molecule has 2 aromatic rings. The van der Waals surface area contributed by atoms with E-state index in [1.54, 1.807) is 19.2 Å². The quantitative estimate of drug-likeness (QED) is 0.644. The van der Waals surface area contributed by atoms with Crippen LogP contribution < -0.4 is 5.32 Å². The maximum atomic E-state index is 12.6. The number of nitrogens with one attached hydrogen (secondary N) is 1. The van der Waals surface area contributed by atoms with Crippen LogP contribution in [-0.4, -0.2) is 19.1 Å². The molecule has 0 aliphatic carbocycles. The molecule has 0 spiro atoms. The van der Waals surface area contributed by atoms with Crippen LogP contribution >= 0.6 is 39.0 Å². The van der Waals surface area contributed by atoms with Gasteiger partial charge < -0.3 is 5.32 Å². The zero-order chi connectivity index (χ0) is 14.7. The average molecular weight is 367 g/mol. The number of carbonyl (C=O) groups excluding carboxylic acids is 1. The summed E-state index contributed by atoms with van der Waals surface area (Å²) in [5.74, 6) is -0.0661. The molecule has 0 amide bonds. The summed E-state index contributed by atoms with van der Waals surface area (Å²) in [6, 6.07) is 9.39. The van der Waals surface area contributed by atoms with Gasteiger partial charge >= 0.3 is 0 Å². The minimum absolute atomic E-state index is 0.0661. The van der Waals surface area contributed by atoms with Crippen molar-refractivity contribution in [3.05, 3.63) is 44.7 Å². The van der Waals surface area contributed by atoms with Gasteiger partial charge in [0.15, 0.2) is 0 Å². The molecule has 0 saturated carbocycles. The van der Waals surface area contributed by atoms with E-state index in [2.05, 4.69) is 27.3 Å². The molecule has 3 nitrogen and oxygen atoms in total. The summed E-state index contributed by atoms with van der Waals surface area (Å²) in [5, 5.41) is 12.2. The minimum atomic E-state index is -0.0661. The molecular formula is C14H11BrN2OS2. The van der Waals surface area contributed by atoms with Crippen molar-refractivity contribution in [2.45, 2.75) is 4.21 Å². The lowest BCUT2D eigenvalue weighted by molar-refractivity contribution is 0.104. The molecule has 102 valence electrons. The normalized spacial score (nSPS) is 10.1. The molecule has 1 aromatic heterocycles. The van der Waals surface area contributed by atoms with Gasteiger partial charge in [-0.3, -0.25) is 4.79 Å². The molecule has 6 heteroatoms. The van der Waals surface area contributed by atoms with Crippen molar-refractivity contribution in [3.8, 4) is 6.07 Å². The molecule has 2 rings (SSSR count). The molecular weight excluding hydrogens is 356 g/mol. The third kappa shape index (κ3) is 2.75. The predicted molar refractivity (Wildman–Crippen MR) is 87.9 cm³/mol. The van der Waals surface area contributed by atoms with Gasteiger partial charge in [-0.25, -0.2) is 0 Å². The van der Waals surface area contributed by atoms with E-state index in [0.29, 0.717) is 21.7 Å². The van der Waals surface area contributed by atoms with Gasteiger partial charge in [0.2, 0.25) is 5.78 Å². The first-order valence-electron chi connectivity index (χ1n) is 5.71. The molecule has 0 fully saturated rings. The molecule has 0 atom stereocenters. The van der Waals surface area contributed by atoms with Gasteiger partial charge in [0.1, 0.15) is 16.5 Å². The fraction of sp³-hybridized carbons (Fsp3) is 0.143. The van der Waals surface area contributed by atoms with Gasteiger partial charge in [-0.05, 0) is 30.5 Å². The summed E-state index contributed by atoms with van der Waals surface area (Å²) in [4.78, 5) is 13.2. The fourth-order valence-electron chi connectivity index (χ4n) is 1.79. The molecule has 0 radical (unpaired) electrons. The summed E-state index contributed by atoms with van der Waals surface area (Å²) < 4.78 is 1.79. The Morgan fingerprint density at radius 1 is 1.40 bits per heavy atom. The highest BCUT2D eigenvalue weighted by atomic mass is 79.9. The van der Waals surface area contributed by atoms with E-state index in [0.717, 1.165) is 8.68 Å². The van der Waals surface area contributed by atoms with Crippen LogP contribution in [-0.2, 0) is 0 Å². The third-order valence-corrected chi connectivity index (χ3v) is 5.57. The second kappa shape index (κ2) is 6.44. The van der Waals surface area contributed by atoms with Gasteiger partial charge in [-0.15, -0.1) is 23.1 Å². The number of nitrogens with zero attached hydrogens (tertiary/aromatic N) is 1. The highest BCUT2D eigenvalue weighted by Crippen LogP contribution is 2.39. The molecule has 1 aromatic carbocycles. The number of carbonyl (C=O) groups is 1. The summed E-state index contributed by atoms with van der Waals surface area (Å²) in [6.07, 6.45) is 1.90. The minimum Gasteiger partial charge on any atom is -0.386 e. The first kappa shape index (κ1) is 15.1. The number of ketones is 1. The molecule has 0 aliphatic rings. The number of halogens is 1. The van der Waals surface area contributed by atoms with Crippen molar-refractivity contribution in [1.29, 1.82) is 5.26 Å². The Kier molecular flexibility index (Phi) is 4.86. The van der Waals surface area contributed by atoms with Gasteiger partial charge in [0, 0.05) is 17.1 Å². The predicted octanol–water partition coefficient (Wildman–Crippen LogP) is 4.38. The van der Waals surface area contributed by atoms with Gasteiger partial charge in [-0.2, -0.15) is 5.26 Å². The zero-order valence-electron chi connectivity index (χ0n) is 10.9. The third-order valence-electron chi connectivity index (χ3n) is 2.74. The monoisotopic (exact) mass is 366 g/mol. The number of rotatable bonds is 4. The Morgan fingerprint density at radius 3 is 2.55 bits per heavy atom. The second-order valence-corrected chi connectivity index (χ2v) is 6.88. The maximum absolute atomic E-state index is 12.6. The standard InChI is InChI=1S/C14H11BrN2OS2/c1-17-11-10(7-16)14(19-2)20-13(11)12(18)8-3-5-9(15)6-4-8/h3-6,17H,1-2H3. The maximum Gasteiger partial charge on any atom is 0.205 e. The largest absolute Gasteiger partial charge is 0.386 e. The Morgan fingerprint density at radius 2 is 2.05 bits per heavy atom. The lowest BCUT2D eigenvalue weighted by Gasteiger charge is -2.03. The van der Waals surface area contributed by atoms with Gasteiger partial charge in [-0.1, -0.05) is 15.9 Å². The van der Waals surface area contributed by atoms with Crippen LogP contribution in [0.1, 0.15) is 20.8 Å². The van der Waals surface area contributed by atoms with Crippen LogP contribution in [0.15, 0.2) is 32.9 Å². The van der Waals surface area contributed by atoms with Gasteiger partial charge in [0.05, 0.1) is 9.90 Å². The number of hydrogen-bond donors (Lipinski definition) is 1. The van der Waals surface area contributed by atoms with E-state index < -0.39 is 0 Å². The van der Waals surface area contributed by atoms with Crippen molar-refractivity contribution in [2.75, 3.05) is 18.6 Å². The summed E-state index contributed by atoms with van der Waals surface area (Å²) in [5.41, 5.74) is 1.78. The molecule has 0 unspecified atom stereocenters. The Balaban J connectivity index is 2.52. The lowest BCUT2D eigenvalue weighted by atomic mass is 10.1. The van der Waals surface area contributed by atoms with Crippen molar-refractivity contribution in [1.82, 2.24) is 0 Å². The number of anilines is 1. The molecule has 20 heavy (non-hydrogen) atoms. The number of benzene rings is 1. The Labute approximate surface area is 134 Å². The summed E-state index contributed by atoms with van der Waals surface area (Å²) >= 11 is 6.19. The van der Waals surface area contributed by atoms with Crippen LogP contribution in [0, 0.1) is 11.3 Å². The van der Waals surface area contributed by atoms with E-state index in [9.17, 15) is 10.1 Å². The second-order valence-electron chi connectivity index (χ2n) is 3.87. The first-order chi connectivity index (χ1) is 9.62.